The van der Waals surface area contributed by atoms with Crippen molar-refractivity contribution in [3.63, 3.8) is 0 Å². The summed E-state index contributed by atoms with van der Waals surface area (Å²) in [5.74, 6) is -1.07. The van der Waals surface area contributed by atoms with Gasteiger partial charge in [-0.1, -0.05) is 18.2 Å². The van der Waals surface area contributed by atoms with Crippen molar-refractivity contribution in [3.8, 4) is 5.69 Å². The lowest BCUT2D eigenvalue weighted by Gasteiger charge is -2.18. The molecule has 12 nitrogen and oxygen atoms in total. The summed E-state index contributed by atoms with van der Waals surface area (Å²) in [5.41, 5.74) is -3.69. The van der Waals surface area contributed by atoms with E-state index in [2.05, 4.69) is 10.0 Å². The van der Waals surface area contributed by atoms with Crippen molar-refractivity contribution in [1.29, 1.82) is 0 Å². The monoisotopic (exact) mass is 664 g/mol. The number of halogens is 3. The van der Waals surface area contributed by atoms with Crippen LogP contribution in [0.3, 0.4) is 0 Å². The van der Waals surface area contributed by atoms with E-state index in [4.69, 9.17) is 0 Å². The molecule has 0 bridgehead atoms. The van der Waals surface area contributed by atoms with E-state index < -0.39 is 58.4 Å². The van der Waals surface area contributed by atoms with Crippen LogP contribution in [0.2, 0.25) is 0 Å². The van der Waals surface area contributed by atoms with Gasteiger partial charge >= 0.3 is 6.18 Å². The minimum absolute atomic E-state index is 0.0236. The highest BCUT2D eigenvalue weighted by molar-refractivity contribution is 7.92. The molecule has 0 saturated heterocycles. The normalized spacial score (nSPS) is 12.0. The fraction of sp³-hybridized carbons (Fsp3) is 0.143. The van der Waals surface area contributed by atoms with Gasteiger partial charge in [0.05, 0.1) is 15.4 Å². The summed E-state index contributed by atoms with van der Waals surface area (Å²) in [6, 6.07) is 14.0. The van der Waals surface area contributed by atoms with Crippen molar-refractivity contribution < 1.29 is 39.7 Å². The Morgan fingerprint density at radius 1 is 0.956 bits per heavy atom. The first kappa shape index (κ1) is 32.9. The third-order valence-electron chi connectivity index (χ3n) is 6.50. The molecular formula is C28H23F3N4O8S2. The number of nitrogens with one attached hydrogen (secondary N) is 2. The number of rotatable bonds is 9. The van der Waals surface area contributed by atoms with E-state index in [-0.39, 0.29) is 34.2 Å². The van der Waals surface area contributed by atoms with Gasteiger partial charge in [-0.05, 0) is 61.0 Å². The third kappa shape index (κ3) is 7.38. The molecule has 0 spiro atoms. The molecule has 236 valence electrons. The first-order chi connectivity index (χ1) is 20.9. The van der Waals surface area contributed by atoms with Gasteiger partial charge in [0.2, 0.25) is 0 Å². The van der Waals surface area contributed by atoms with Gasteiger partial charge in [-0.15, -0.1) is 0 Å². The Labute approximate surface area is 254 Å². The van der Waals surface area contributed by atoms with Gasteiger partial charge in [-0.2, -0.15) is 13.2 Å². The van der Waals surface area contributed by atoms with E-state index in [9.17, 15) is 49.7 Å². The van der Waals surface area contributed by atoms with E-state index in [1.54, 1.807) is 0 Å². The van der Waals surface area contributed by atoms with Gasteiger partial charge in [-0.3, -0.25) is 29.0 Å². The number of sulfonamides is 1. The van der Waals surface area contributed by atoms with Crippen molar-refractivity contribution in [3.05, 3.63) is 122 Å². The number of carbonyl (C=O) groups excluding carboxylic acids is 1. The molecule has 1 amide bonds. The Morgan fingerprint density at radius 3 is 2.13 bits per heavy atom. The van der Waals surface area contributed by atoms with E-state index in [1.165, 1.54) is 24.3 Å². The number of benzene rings is 3. The van der Waals surface area contributed by atoms with Crippen LogP contribution in [0.4, 0.5) is 24.5 Å². The molecule has 0 atom stereocenters. The maximum atomic E-state index is 13.6. The second-order valence-corrected chi connectivity index (χ2v) is 13.4. The highest BCUT2D eigenvalue weighted by atomic mass is 32.2. The number of nitro groups is 1. The predicted octanol–water partition coefficient (Wildman–Crippen LogP) is 4.21. The van der Waals surface area contributed by atoms with Crippen LogP contribution in [0.1, 0.15) is 27.2 Å². The summed E-state index contributed by atoms with van der Waals surface area (Å²) in [7, 11) is -8.13. The number of alkyl halides is 3. The number of hydrogen-bond donors (Lipinski definition) is 2. The second-order valence-electron chi connectivity index (χ2n) is 9.70. The van der Waals surface area contributed by atoms with Crippen LogP contribution in [0, 0.1) is 17.0 Å². The smallest absolute Gasteiger partial charge is 0.348 e. The van der Waals surface area contributed by atoms with Crippen molar-refractivity contribution in [1.82, 2.24) is 9.88 Å². The third-order valence-corrected chi connectivity index (χ3v) is 9.13. The zero-order valence-electron chi connectivity index (χ0n) is 23.3. The van der Waals surface area contributed by atoms with Crippen LogP contribution in [0.25, 0.3) is 5.69 Å². The first-order valence-corrected chi connectivity index (χ1v) is 16.0. The Morgan fingerprint density at radius 2 is 1.58 bits per heavy atom. The maximum Gasteiger partial charge on any atom is 0.416 e. The lowest BCUT2D eigenvalue weighted by Crippen LogP contribution is -2.35. The molecule has 3 aromatic carbocycles. The SMILES string of the molecule is Cc1c(S(=O)(=O)Nc2ccc([N+](=O)[O-])cc2)cc(C(=O)NCc2ccc(S(C)(=O)=O)cc2)c(=O)n1-c1cccc(C(F)(F)F)c1. The molecule has 45 heavy (non-hydrogen) atoms. The second kappa shape index (κ2) is 12.2. The number of amides is 1. The number of anilines is 1. The molecule has 1 heterocycles. The van der Waals surface area contributed by atoms with Crippen molar-refractivity contribution in [2.75, 3.05) is 11.0 Å². The fourth-order valence-electron chi connectivity index (χ4n) is 4.24. The standard InChI is InChI=1S/C28H23F3N4O8S2/c1-17-25(45(42,43)33-20-8-10-21(11-9-20)35(38)39)15-24(26(36)32-16-18-6-12-23(13-7-18)44(2,40)41)27(37)34(17)22-5-3-4-19(14-22)28(29,30)31/h3-15,33H,16H2,1-2H3,(H,32,36). The molecule has 2 N–H and O–H groups in total. The number of carbonyl (C=O) groups is 1. The van der Waals surface area contributed by atoms with Crippen LogP contribution in [-0.4, -0.2) is 38.5 Å². The fourth-order valence-corrected chi connectivity index (χ4v) is 6.18. The zero-order chi connectivity index (χ0) is 33.3. The molecule has 0 fully saturated rings. The van der Waals surface area contributed by atoms with E-state index >= 15 is 0 Å². The van der Waals surface area contributed by atoms with Crippen LogP contribution >= 0.6 is 0 Å². The minimum atomic E-state index is -4.80. The van der Waals surface area contributed by atoms with Crippen LogP contribution in [-0.2, 0) is 32.6 Å². The summed E-state index contributed by atoms with van der Waals surface area (Å²) in [4.78, 5) is 36.5. The van der Waals surface area contributed by atoms with Crippen LogP contribution in [0.15, 0.2) is 93.4 Å². The lowest BCUT2D eigenvalue weighted by atomic mass is 10.1. The van der Waals surface area contributed by atoms with Gasteiger partial charge in [0.15, 0.2) is 9.84 Å². The van der Waals surface area contributed by atoms with E-state index in [0.717, 1.165) is 61.7 Å². The summed E-state index contributed by atoms with van der Waals surface area (Å²) in [5, 5.41) is 13.4. The number of nitro benzene ring substituents is 1. The molecule has 0 aliphatic rings. The zero-order valence-corrected chi connectivity index (χ0v) is 25.0. The summed E-state index contributed by atoms with van der Waals surface area (Å²) in [6.07, 6.45) is -3.79. The molecule has 0 aliphatic heterocycles. The molecular weight excluding hydrogens is 641 g/mol. The molecule has 4 aromatic rings. The highest BCUT2D eigenvalue weighted by Crippen LogP contribution is 2.31. The van der Waals surface area contributed by atoms with Gasteiger partial charge in [0, 0.05) is 42.0 Å². The maximum absolute atomic E-state index is 13.6. The molecule has 0 aliphatic carbocycles. The Balaban J connectivity index is 1.81. The summed E-state index contributed by atoms with van der Waals surface area (Å²) >= 11 is 0. The quantitative estimate of drug-likeness (QED) is 0.198. The first-order valence-electron chi connectivity index (χ1n) is 12.7. The molecule has 4 rings (SSSR count). The largest absolute Gasteiger partial charge is 0.416 e. The van der Waals surface area contributed by atoms with Crippen molar-refractivity contribution >= 4 is 37.1 Å². The van der Waals surface area contributed by atoms with Gasteiger partial charge in [-0.25, -0.2) is 16.8 Å². The van der Waals surface area contributed by atoms with Crippen molar-refractivity contribution in [2.24, 2.45) is 0 Å². The lowest BCUT2D eigenvalue weighted by molar-refractivity contribution is -0.384. The highest BCUT2D eigenvalue weighted by Gasteiger charge is 2.32. The Bertz CT molecular complexity index is 2080. The van der Waals surface area contributed by atoms with Gasteiger partial charge in [0.25, 0.3) is 27.2 Å². The molecule has 0 radical (unpaired) electrons. The topological polar surface area (TPSA) is 175 Å². The molecule has 17 heteroatoms. The van der Waals surface area contributed by atoms with Gasteiger partial charge < -0.3 is 5.32 Å². The Hall–Kier alpha value is -5.03. The number of hydrogen-bond acceptors (Lipinski definition) is 8. The number of nitrogens with zero attached hydrogens (tertiary/aromatic N) is 2. The predicted molar refractivity (Wildman–Crippen MR) is 156 cm³/mol. The van der Waals surface area contributed by atoms with E-state index in [0.29, 0.717) is 16.2 Å². The van der Waals surface area contributed by atoms with Gasteiger partial charge in [0.1, 0.15) is 10.5 Å². The average molecular weight is 665 g/mol. The molecule has 0 saturated carbocycles. The van der Waals surface area contributed by atoms with E-state index in [1.807, 2.05) is 0 Å². The van der Waals surface area contributed by atoms with Crippen molar-refractivity contribution in [2.45, 2.75) is 29.4 Å². The summed E-state index contributed by atoms with van der Waals surface area (Å²) < 4.78 is 93.8. The minimum Gasteiger partial charge on any atom is -0.348 e. The molecule has 1 aromatic heterocycles. The number of pyridine rings is 1. The van der Waals surface area contributed by atoms with Crippen LogP contribution < -0.4 is 15.6 Å². The number of non-ortho nitro benzene ring substituents is 1. The molecule has 0 unspecified atom stereocenters. The summed E-state index contributed by atoms with van der Waals surface area (Å²) in [6.45, 7) is 0.944. The number of aromatic nitrogens is 1. The number of sulfone groups is 1. The Kier molecular flexibility index (Phi) is 8.88. The average Bonchev–Trinajstić information content (AvgIpc) is 2.95. The van der Waals surface area contributed by atoms with Crippen LogP contribution in [0.5, 0.6) is 0 Å².